The van der Waals surface area contributed by atoms with E-state index in [9.17, 15) is 4.79 Å². The van der Waals surface area contributed by atoms with Crippen LogP contribution in [0.4, 0.5) is 5.82 Å². The first-order valence-electron chi connectivity index (χ1n) is 4.67. The fourth-order valence-electron chi connectivity index (χ4n) is 1.17. The number of hydrogen-bond acceptors (Lipinski definition) is 4. The molecule has 2 aromatic heterocycles. The van der Waals surface area contributed by atoms with Gasteiger partial charge in [-0.1, -0.05) is 11.6 Å². The highest BCUT2D eigenvalue weighted by molar-refractivity contribution is 9.10. The van der Waals surface area contributed by atoms with Gasteiger partial charge in [0.15, 0.2) is 0 Å². The van der Waals surface area contributed by atoms with E-state index in [4.69, 9.17) is 23.2 Å². The SMILES string of the molecule is O=C(Nc1ccnc(Cl)n1)c1cc(Br)cnc1Cl. The van der Waals surface area contributed by atoms with Crippen LogP contribution in [0.5, 0.6) is 0 Å². The summed E-state index contributed by atoms with van der Waals surface area (Å²) in [7, 11) is 0. The van der Waals surface area contributed by atoms with Gasteiger partial charge in [-0.3, -0.25) is 4.79 Å². The van der Waals surface area contributed by atoms with E-state index in [1.165, 1.54) is 18.5 Å². The molecular weight excluding hydrogens is 343 g/mol. The van der Waals surface area contributed by atoms with Crippen molar-refractivity contribution in [2.45, 2.75) is 0 Å². The van der Waals surface area contributed by atoms with Crippen LogP contribution in [0.15, 0.2) is 29.0 Å². The van der Waals surface area contributed by atoms with Crippen LogP contribution in [-0.4, -0.2) is 20.9 Å². The molecule has 1 N–H and O–H groups in total. The van der Waals surface area contributed by atoms with Crippen LogP contribution < -0.4 is 5.32 Å². The number of pyridine rings is 1. The third kappa shape index (κ3) is 3.16. The Morgan fingerprint density at radius 3 is 2.83 bits per heavy atom. The van der Waals surface area contributed by atoms with Crippen molar-refractivity contribution >= 4 is 50.9 Å². The maximum absolute atomic E-state index is 11.9. The van der Waals surface area contributed by atoms with Crippen molar-refractivity contribution < 1.29 is 4.79 Å². The molecule has 18 heavy (non-hydrogen) atoms. The second kappa shape index (κ2) is 5.60. The van der Waals surface area contributed by atoms with Gasteiger partial charge in [-0.15, -0.1) is 0 Å². The average molecular weight is 348 g/mol. The van der Waals surface area contributed by atoms with Crippen molar-refractivity contribution in [1.82, 2.24) is 15.0 Å². The average Bonchev–Trinajstić information content (AvgIpc) is 2.32. The van der Waals surface area contributed by atoms with Gasteiger partial charge in [-0.25, -0.2) is 15.0 Å². The zero-order valence-electron chi connectivity index (χ0n) is 8.69. The van der Waals surface area contributed by atoms with Gasteiger partial charge in [-0.2, -0.15) is 0 Å². The Balaban J connectivity index is 2.24. The highest BCUT2D eigenvalue weighted by Crippen LogP contribution is 2.19. The molecule has 0 saturated heterocycles. The number of anilines is 1. The van der Waals surface area contributed by atoms with Crippen molar-refractivity contribution in [3.8, 4) is 0 Å². The van der Waals surface area contributed by atoms with E-state index in [0.29, 0.717) is 4.47 Å². The van der Waals surface area contributed by atoms with Crippen molar-refractivity contribution in [3.63, 3.8) is 0 Å². The Bertz CT molecular complexity index is 608. The quantitative estimate of drug-likeness (QED) is 0.669. The molecule has 2 heterocycles. The molecule has 0 aliphatic rings. The van der Waals surface area contributed by atoms with Crippen LogP contribution in [0, 0.1) is 0 Å². The van der Waals surface area contributed by atoms with E-state index >= 15 is 0 Å². The number of nitrogens with one attached hydrogen (secondary N) is 1. The van der Waals surface area contributed by atoms with Gasteiger partial charge < -0.3 is 5.32 Å². The molecule has 0 spiro atoms. The normalized spacial score (nSPS) is 10.2. The summed E-state index contributed by atoms with van der Waals surface area (Å²) >= 11 is 14.7. The first kappa shape index (κ1) is 13.2. The fourth-order valence-corrected chi connectivity index (χ4v) is 1.84. The Morgan fingerprint density at radius 1 is 1.33 bits per heavy atom. The number of halogens is 3. The highest BCUT2D eigenvalue weighted by Gasteiger charge is 2.13. The second-order valence-corrected chi connectivity index (χ2v) is 4.77. The largest absolute Gasteiger partial charge is 0.306 e. The van der Waals surface area contributed by atoms with Gasteiger partial charge in [0.1, 0.15) is 11.0 Å². The molecule has 2 rings (SSSR count). The fraction of sp³-hybridized carbons (Fsp3) is 0. The lowest BCUT2D eigenvalue weighted by molar-refractivity contribution is 0.102. The number of aromatic nitrogens is 3. The lowest BCUT2D eigenvalue weighted by Crippen LogP contribution is -2.14. The summed E-state index contributed by atoms with van der Waals surface area (Å²) in [6.07, 6.45) is 2.94. The molecule has 0 aliphatic heterocycles. The molecule has 0 aromatic carbocycles. The van der Waals surface area contributed by atoms with Gasteiger partial charge in [0.2, 0.25) is 5.28 Å². The Kier molecular flexibility index (Phi) is 4.11. The maximum atomic E-state index is 11.9. The van der Waals surface area contributed by atoms with Crippen LogP contribution in [-0.2, 0) is 0 Å². The number of rotatable bonds is 2. The molecule has 8 heteroatoms. The summed E-state index contributed by atoms with van der Waals surface area (Å²) in [6, 6.07) is 3.08. The Labute approximate surface area is 121 Å². The van der Waals surface area contributed by atoms with E-state index < -0.39 is 5.91 Å². The number of hydrogen-bond donors (Lipinski definition) is 1. The molecular formula is C10H5BrCl2N4O. The standard InChI is InChI=1S/C10H5BrCl2N4O/c11-5-3-6(8(12)15-4-5)9(18)16-7-1-2-14-10(13)17-7/h1-4H,(H,14,16,17,18). The highest BCUT2D eigenvalue weighted by atomic mass is 79.9. The van der Waals surface area contributed by atoms with Crippen LogP contribution in [0.1, 0.15) is 10.4 Å². The number of carbonyl (C=O) groups is 1. The molecule has 0 fully saturated rings. The van der Waals surface area contributed by atoms with Crippen molar-refractivity contribution in [2.75, 3.05) is 5.32 Å². The van der Waals surface area contributed by atoms with Crippen LogP contribution in [0.25, 0.3) is 0 Å². The molecule has 0 atom stereocenters. The van der Waals surface area contributed by atoms with Gasteiger partial charge in [0.25, 0.3) is 5.91 Å². The van der Waals surface area contributed by atoms with E-state index in [2.05, 4.69) is 36.2 Å². The van der Waals surface area contributed by atoms with E-state index in [-0.39, 0.29) is 21.8 Å². The maximum Gasteiger partial charge on any atom is 0.259 e. The van der Waals surface area contributed by atoms with Crippen LogP contribution in [0.2, 0.25) is 10.4 Å². The van der Waals surface area contributed by atoms with E-state index in [1.54, 1.807) is 6.07 Å². The summed E-state index contributed by atoms with van der Waals surface area (Å²) in [5, 5.41) is 2.70. The Morgan fingerprint density at radius 2 is 2.11 bits per heavy atom. The smallest absolute Gasteiger partial charge is 0.259 e. The minimum absolute atomic E-state index is 0.0475. The van der Waals surface area contributed by atoms with Gasteiger partial charge in [-0.05, 0) is 39.7 Å². The number of nitrogens with zero attached hydrogens (tertiary/aromatic N) is 3. The summed E-state index contributed by atoms with van der Waals surface area (Å²) in [5.74, 6) is -0.139. The molecule has 0 bridgehead atoms. The molecule has 1 amide bonds. The predicted octanol–water partition coefficient (Wildman–Crippen LogP) is 3.19. The minimum Gasteiger partial charge on any atom is -0.306 e. The van der Waals surface area contributed by atoms with Gasteiger partial charge in [0.05, 0.1) is 5.56 Å². The summed E-state index contributed by atoms with van der Waals surface area (Å²) in [4.78, 5) is 23.3. The van der Waals surface area contributed by atoms with Gasteiger partial charge >= 0.3 is 0 Å². The predicted molar refractivity (Wildman–Crippen MR) is 71.9 cm³/mol. The molecule has 5 nitrogen and oxygen atoms in total. The van der Waals surface area contributed by atoms with E-state index in [0.717, 1.165) is 0 Å². The summed E-state index contributed by atoms with van der Waals surface area (Å²) in [5.41, 5.74) is 0.237. The Hall–Kier alpha value is -1.24. The van der Waals surface area contributed by atoms with Gasteiger partial charge in [0, 0.05) is 16.9 Å². The van der Waals surface area contributed by atoms with Crippen LogP contribution >= 0.6 is 39.1 Å². The molecule has 0 aliphatic carbocycles. The minimum atomic E-state index is -0.427. The first-order valence-corrected chi connectivity index (χ1v) is 6.22. The third-order valence-corrected chi connectivity index (χ3v) is 2.84. The summed E-state index contributed by atoms with van der Waals surface area (Å²) in [6.45, 7) is 0. The topological polar surface area (TPSA) is 67.8 Å². The van der Waals surface area contributed by atoms with Crippen LogP contribution in [0.3, 0.4) is 0 Å². The van der Waals surface area contributed by atoms with E-state index in [1.807, 2.05) is 0 Å². The monoisotopic (exact) mass is 346 g/mol. The third-order valence-electron chi connectivity index (χ3n) is 1.92. The molecule has 0 unspecified atom stereocenters. The number of amides is 1. The van der Waals surface area contributed by atoms with Crippen molar-refractivity contribution in [2.24, 2.45) is 0 Å². The van der Waals surface area contributed by atoms with Crippen molar-refractivity contribution in [1.29, 1.82) is 0 Å². The summed E-state index contributed by atoms with van der Waals surface area (Å²) < 4.78 is 0.651. The number of carbonyl (C=O) groups excluding carboxylic acids is 1. The lowest BCUT2D eigenvalue weighted by atomic mass is 10.2. The molecule has 92 valence electrons. The lowest BCUT2D eigenvalue weighted by Gasteiger charge is -2.05. The molecule has 2 aromatic rings. The van der Waals surface area contributed by atoms with Crippen molar-refractivity contribution in [3.05, 3.63) is 45.0 Å². The zero-order valence-corrected chi connectivity index (χ0v) is 11.8. The second-order valence-electron chi connectivity index (χ2n) is 3.16. The molecule has 0 radical (unpaired) electrons. The first-order chi connectivity index (χ1) is 8.56. The molecule has 0 saturated carbocycles. The zero-order chi connectivity index (χ0) is 13.1.